The number of anilines is 1. The lowest BCUT2D eigenvalue weighted by atomic mass is 10.3. The Kier molecular flexibility index (Phi) is 3.45. The lowest BCUT2D eigenvalue weighted by Crippen LogP contribution is -2.15. The Balaban J connectivity index is 2.30. The van der Waals surface area contributed by atoms with Crippen molar-refractivity contribution in [3.63, 3.8) is 0 Å². The summed E-state index contributed by atoms with van der Waals surface area (Å²) < 4.78 is 28.0. The third-order valence-corrected chi connectivity index (χ3v) is 3.97. The second-order valence-corrected chi connectivity index (χ2v) is 5.83. The van der Waals surface area contributed by atoms with Crippen LogP contribution in [0.1, 0.15) is 5.69 Å². The zero-order valence-electron chi connectivity index (χ0n) is 10.8. The summed E-state index contributed by atoms with van der Waals surface area (Å²) in [6.07, 6.45) is 0. The standard InChI is InChI=1S/C11H12N4O4S/c1-8-7-11(14(2)12-8)13-20(18,19)10-5-3-9(4-6-10)15(16)17/h3-7,13H,1-2H3. The van der Waals surface area contributed by atoms with Crippen LogP contribution in [-0.2, 0) is 17.1 Å². The molecule has 0 unspecified atom stereocenters. The van der Waals surface area contributed by atoms with Gasteiger partial charge in [0.1, 0.15) is 5.82 Å². The summed E-state index contributed by atoms with van der Waals surface area (Å²) >= 11 is 0. The van der Waals surface area contributed by atoms with E-state index in [1.54, 1.807) is 20.0 Å². The Morgan fingerprint density at radius 1 is 1.30 bits per heavy atom. The number of aryl methyl sites for hydroxylation is 2. The summed E-state index contributed by atoms with van der Waals surface area (Å²) in [5.74, 6) is 0.320. The molecule has 0 saturated heterocycles. The van der Waals surface area contributed by atoms with Crippen LogP contribution < -0.4 is 4.72 Å². The predicted molar refractivity (Wildman–Crippen MR) is 71.8 cm³/mol. The first-order valence-corrected chi connectivity index (χ1v) is 7.06. The number of aromatic nitrogens is 2. The molecule has 0 aliphatic heterocycles. The van der Waals surface area contributed by atoms with Crippen molar-refractivity contribution in [1.82, 2.24) is 9.78 Å². The first kappa shape index (κ1) is 14.0. The van der Waals surface area contributed by atoms with Gasteiger partial charge in [0.25, 0.3) is 15.7 Å². The summed E-state index contributed by atoms with van der Waals surface area (Å²) in [5.41, 5.74) is 0.509. The summed E-state index contributed by atoms with van der Waals surface area (Å²) in [6.45, 7) is 1.74. The number of non-ortho nitro benzene ring substituents is 1. The van der Waals surface area contributed by atoms with Crippen LogP contribution in [-0.4, -0.2) is 23.1 Å². The van der Waals surface area contributed by atoms with Crippen molar-refractivity contribution in [2.24, 2.45) is 7.05 Å². The van der Waals surface area contributed by atoms with Gasteiger partial charge in [0.2, 0.25) is 0 Å². The minimum Gasteiger partial charge on any atom is -0.264 e. The van der Waals surface area contributed by atoms with Crippen molar-refractivity contribution in [2.45, 2.75) is 11.8 Å². The number of sulfonamides is 1. The molecule has 0 radical (unpaired) electrons. The maximum absolute atomic E-state index is 12.1. The van der Waals surface area contributed by atoms with Crippen molar-refractivity contribution < 1.29 is 13.3 Å². The van der Waals surface area contributed by atoms with Crippen LogP contribution in [0.25, 0.3) is 0 Å². The van der Waals surface area contributed by atoms with E-state index in [2.05, 4.69) is 9.82 Å². The largest absolute Gasteiger partial charge is 0.269 e. The van der Waals surface area contributed by atoms with Gasteiger partial charge in [0.15, 0.2) is 0 Å². The maximum atomic E-state index is 12.1. The van der Waals surface area contributed by atoms with Crippen LogP contribution in [0.2, 0.25) is 0 Å². The van der Waals surface area contributed by atoms with E-state index >= 15 is 0 Å². The first-order chi connectivity index (χ1) is 9.29. The van der Waals surface area contributed by atoms with E-state index in [4.69, 9.17) is 0 Å². The lowest BCUT2D eigenvalue weighted by molar-refractivity contribution is -0.384. The average molecular weight is 296 g/mol. The molecule has 0 bridgehead atoms. The number of nitrogens with one attached hydrogen (secondary N) is 1. The van der Waals surface area contributed by atoms with Crippen molar-refractivity contribution >= 4 is 21.5 Å². The molecule has 0 atom stereocenters. The minimum absolute atomic E-state index is 0.0537. The summed E-state index contributed by atoms with van der Waals surface area (Å²) in [4.78, 5) is 9.89. The molecular weight excluding hydrogens is 284 g/mol. The molecule has 0 saturated carbocycles. The van der Waals surface area contributed by atoms with Gasteiger partial charge in [-0.1, -0.05) is 0 Å². The van der Waals surface area contributed by atoms with Crippen LogP contribution in [0.15, 0.2) is 35.2 Å². The van der Waals surface area contributed by atoms with E-state index in [1.807, 2.05) is 0 Å². The fraction of sp³-hybridized carbons (Fsp3) is 0.182. The smallest absolute Gasteiger partial charge is 0.264 e. The third kappa shape index (κ3) is 2.77. The maximum Gasteiger partial charge on any atom is 0.269 e. The summed E-state index contributed by atoms with van der Waals surface area (Å²) in [7, 11) is -2.19. The van der Waals surface area contributed by atoms with Crippen molar-refractivity contribution in [3.8, 4) is 0 Å². The Labute approximate surface area is 115 Å². The fourth-order valence-corrected chi connectivity index (χ4v) is 2.73. The van der Waals surface area contributed by atoms with E-state index in [-0.39, 0.29) is 10.6 Å². The second kappa shape index (κ2) is 4.93. The molecule has 1 heterocycles. The Bertz CT molecular complexity index is 749. The molecular formula is C11H12N4O4S. The van der Waals surface area contributed by atoms with Crippen LogP contribution in [0.3, 0.4) is 0 Å². The SMILES string of the molecule is Cc1cc(NS(=O)(=O)c2ccc([N+](=O)[O-])cc2)n(C)n1. The highest BCUT2D eigenvalue weighted by Crippen LogP contribution is 2.19. The molecule has 106 valence electrons. The molecule has 2 aromatic rings. The Morgan fingerprint density at radius 2 is 1.90 bits per heavy atom. The summed E-state index contributed by atoms with van der Waals surface area (Å²) in [5, 5.41) is 14.6. The van der Waals surface area contributed by atoms with Crippen molar-refractivity contribution in [1.29, 1.82) is 0 Å². The molecule has 1 N–H and O–H groups in total. The van der Waals surface area contributed by atoms with Crippen LogP contribution in [0.5, 0.6) is 0 Å². The Hall–Kier alpha value is -2.42. The number of benzene rings is 1. The molecule has 0 aliphatic carbocycles. The zero-order chi connectivity index (χ0) is 14.9. The summed E-state index contributed by atoms with van der Waals surface area (Å²) in [6, 6.07) is 6.24. The fourth-order valence-electron chi connectivity index (χ4n) is 1.65. The number of nitrogens with zero attached hydrogens (tertiary/aromatic N) is 3. The topological polar surface area (TPSA) is 107 Å². The van der Waals surface area contributed by atoms with Crippen molar-refractivity contribution in [2.75, 3.05) is 4.72 Å². The normalized spacial score (nSPS) is 11.3. The lowest BCUT2D eigenvalue weighted by Gasteiger charge is -2.07. The van der Waals surface area contributed by atoms with Gasteiger partial charge in [-0.2, -0.15) is 5.10 Å². The average Bonchev–Trinajstić information content (AvgIpc) is 2.67. The molecule has 20 heavy (non-hydrogen) atoms. The highest BCUT2D eigenvalue weighted by molar-refractivity contribution is 7.92. The molecule has 0 amide bonds. The monoisotopic (exact) mass is 296 g/mol. The molecule has 0 aliphatic rings. The number of rotatable bonds is 4. The van der Waals surface area contributed by atoms with Crippen LogP contribution in [0, 0.1) is 17.0 Å². The van der Waals surface area contributed by atoms with Gasteiger partial charge < -0.3 is 0 Å². The number of nitro benzene ring substituents is 1. The predicted octanol–water partition coefficient (Wildman–Crippen LogP) is 1.44. The van der Waals surface area contributed by atoms with Gasteiger partial charge in [0.05, 0.1) is 15.5 Å². The van der Waals surface area contributed by atoms with Gasteiger partial charge >= 0.3 is 0 Å². The second-order valence-electron chi connectivity index (χ2n) is 4.15. The van der Waals surface area contributed by atoms with Crippen LogP contribution >= 0.6 is 0 Å². The van der Waals surface area contributed by atoms with Gasteiger partial charge in [-0.05, 0) is 19.1 Å². The van der Waals surface area contributed by atoms with Gasteiger partial charge in [-0.3, -0.25) is 19.5 Å². The molecule has 0 spiro atoms. The molecule has 0 fully saturated rings. The zero-order valence-corrected chi connectivity index (χ0v) is 11.6. The molecule has 1 aromatic carbocycles. The molecule has 1 aromatic heterocycles. The van der Waals surface area contributed by atoms with E-state index < -0.39 is 14.9 Å². The third-order valence-electron chi connectivity index (χ3n) is 2.60. The molecule has 2 rings (SSSR count). The van der Waals surface area contributed by atoms with E-state index in [9.17, 15) is 18.5 Å². The van der Waals surface area contributed by atoms with Gasteiger partial charge in [-0.15, -0.1) is 0 Å². The highest BCUT2D eigenvalue weighted by Gasteiger charge is 2.17. The van der Waals surface area contributed by atoms with Crippen molar-refractivity contribution in [3.05, 3.63) is 46.1 Å². The number of hydrogen-bond acceptors (Lipinski definition) is 5. The van der Waals surface area contributed by atoms with E-state index in [0.29, 0.717) is 11.5 Å². The van der Waals surface area contributed by atoms with E-state index in [1.165, 1.54) is 16.8 Å². The highest BCUT2D eigenvalue weighted by atomic mass is 32.2. The van der Waals surface area contributed by atoms with Gasteiger partial charge in [0, 0.05) is 25.2 Å². The molecule has 8 nitrogen and oxygen atoms in total. The number of hydrogen-bond donors (Lipinski definition) is 1. The van der Waals surface area contributed by atoms with Gasteiger partial charge in [-0.25, -0.2) is 8.42 Å². The van der Waals surface area contributed by atoms with Crippen LogP contribution in [0.4, 0.5) is 11.5 Å². The number of nitro groups is 1. The minimum atomic E-state index is -3.80. The Morgan fingerprint density at radius 3 is 2.35 bits per heavy atom. The van der Waals surface area contributed by atoms with E-state index in [0.717, 1.165) is 12.1 Å². The molecule has 9 heteroatoms. The first-order valence-electron chi connectivity index (χ1n) is 5.57. The quantitative estimate of drug-likeness (QED) is 0.678.